The molecule has 1 saturated heterocycles. The van der Waals surface area contributed by atoms with Gasteiger partial charge in [-0.3, -0.25) is 0 Å². The predicted molar refractivity (Wildman–Crippen MR) is 68.6 cm³/mol. The third kappa shape index (κ3) is 2.16. The highest BCUT2D eigenvalue weighted by Gasteiger charge is 2.18. The second kappa shape index (κ2) is 4.90. The molecule has 1 aliphatic rings. The molecular formula is C14H16FN3. The number of benzene rings is 1. The van der Waals surface area contributed by atoms with Crippen LogP contribution in [-0.2, 0) is 0 Å². The van der Waals surface area contributed by atoms with Crippen LogP contribution in [0.15, 0.2) is 30.5 Å². The van der Waals surface area contributed by atoms with Crippen LogP contribution in [-0.4, -0.2) is 16.5 Å². The van der Waals surface area contributed by atoms with E-state index in [1.807, 2.05) is 6.07 Å². The van der Waals surface area contributed by atoms with Crippen molar-refractivity contribution in [1.29, 1.82) is 0 Å². The number of hydrogen-bond acceptors (Lipinski definition) is 2. The minimum absolute atomic E-state index is 0.218. The highest BCUT2D eigenvalue weighted by molar-refractivity contribution is 5.59. The van der Waals surface area contributed by atoms with E-state index in [4.69, 9.17) is 0 Å². The SMILES string of the molecule is Fc1ccccc1-c1cnc(C2CCCCN2)[nH]1. The molecule has 2 N–H and O–H groups in total. The van der Waals surface area contributed by atoms with Gasteiger partial charge in [0.25, 0.3) is 0 Å². The molecule has 0 spiro atoms. The highest BCUT2D eigenvalue weighted by Crippen LogP contribution is 2.25. The summed E-state index contributed by atoms with van der Waals surface area (Å²) in [6, 6.07) is 7.03. The zero-order chi connectivity index (χ0) is 12.4. The van der Waals surface area contributed by atoms with Gasteiger partial charge < -0.3 is 10.3 Å². The van der Waals surface area contributed by atoms with E-state index in [0.29, 0.717) is 5.56 Å². The second-order valence-electron chi connectivity index (χ2n) is 4.66. The summed E-state index contributed by atoms with van der Waals surface area (Å²) in [5.74, 6) is 0.692. The second-order valence-corrected chi connectivity index (χ2v) is 4.66. The lowest BCUT2D eigenvalue weighted by atomic mass is 10.0. The molecule has 1 aliphatic heterocycles. The number of H-pyrrole nitrogens is 1. The molecule has 1 unspecified atom stereocenters. The Morgan fingerprint density at radius 3 is 2.89 bits per heavy atom. The third-order valence-electron chi connectivity index (χ3n) is 3.40. The molecule has 3 nitrogen and oxygen atoms in total. The van der Waals surface area contributed by atoms with Crippen molar-refractivity contribution < 1.29 is 4.39 Å². The molecule has 0 bridgehead atoms. The van der Waals surface area contributed by atoms with E-state index in [2.05, 4.69) is 15.3 Å². The number of hydrogen-bond donors (Lipinski definition) is 2. The molecular weight excluding hydrogens is 229 g/mol. The number of imidazole rings is 1. The van der Waals surface area contributed by atoms with E-state index in [9.17, 15) is 4.39 Å². The van der Waals surface area contributed by atoms with Gasteiger partial charge in [-0.2, -0.15) is 0 Å². The number of halogens is 1. The van der Waals surface area contributed by atoms with Crippen molar-refractivity contribution in [2.24, 2.45) is 0 Å². The predicted octanol–water partition coefficient (Wildman–Crippen LogP) is 3.03. The zero-order valence-corrected chi connectivity index (χ0v) is 10.1. The number of nitrogens with zero attached hydrogens (tertiary/aromatic N) is 1. The average molecular weight is 245 g/mol. The maximum atomic E-state index is 13.7. The quantitative estimate of drug-likeness (QED) is 0.853. The van der Waals surface area contributed by atoms with Gasteiger partial charge in [-0.15, -0.1) is 0 Å². The minimum Gasteiger partial charge on any atom is -0.341 e. The van der Waals surface area contributed by atoms with Crippen molar-refractivity contribution in [2.45, 2.75) is 25.3 Å². The smallest absolute Gasteiger partial charge is 0.132 e. The Labute approximate surface area is 105 Å². The molecule has 0 aliphatic carbocycles. The molecule has 94 valence electrons. The van der Waals surface area contributed by atoms with Crippen molar-refractivity contribution >= 4 is 0 Å². The molecule has 1 aromatic carbocycles. The first kappa shape index (κ1) is 11.4. The summed E-state index contributed by atoms with van der Waals surface area (Å²) in [5, 5.41) is 3.43. The fourth-order valence-electron chi connectivity index (χ4n) is 2.42. The molecule has 1 fully saturated rings. The zero-order valence-electron chi connectivity index (χ0n) is 10.1. The lowest BCUT2D eigenvalue weighted by Crippen LogP contribution is -2.27. The molecule has 0 radical (unpaired) electrons. The van der Waals surface area contributed by atoms with Gasteiger partial charge in [0, 0.05) is 5.56 Å². The Bertz CT molecular complexity index is 529. The van der Waals surface area contributed by atoms with Gasteiger partial charge in [0.05, 0.1) is 17.9 Å². The molecule has 1 atom stereocenters. The molecule has 0 saturated carbocycles. The summed E-state index contributed by atoms with van der Waals surface area (Å²) in [6.45, 7) is 1.03. The van der Waals surface area contributed by atoms with Crippen LogP contribution in [0.5, 0.6) is 0 Å². The minimum atomic E-state index is -0.218. The van der Waals surface area contributed by atoms with Crippen LogP contribution in [0.25, 0.3) is 11.3 Å². The van der Waals surface area contributed by atoms with Crippen LogP contribution in [0.1, 0.15) is 31.1 Å². The van der Waals surface area contributed by atoms with E-state index >= 15 is 0 Å². The van der Waals surface area contributed by atoms with Crippen molar-refractivity contribution in [1.82, 2.24) is 15.3 Å². The Balaban J connectivity index is 1.87. The largest absolute Gasteiger partial charge is 0.341 e. The number of rotatable bonds is 2. The van der Waals surface area contributed by atoms with Crippen molar-refractivity contribution in [3.05, 3.63) is 42.1 Å². The first-order valence-corrected chi connectivity index (χ1v) is 6.38. The van der Waals surface area contributed by atoms with Gasteiger partial charge in [-0.05, 0) is 31.5 Å². The van der Waals surface area contributed by atoms with E-state index in [1.54, 1.807) is 18.3 Å². The number of piperidine rings is 1. The summed E-state index contributed by atoms with van der Waals surface area (Å²) in [5.41, 5.74) is 1.32. The van der Waals surface area contributed by atoms with Crippen LogP contribution in [0.4, 0.5) is 4.39 Å². The molecule has 4 heteroatoms. The van der Waals surface area contributed by atoms with Crippen molar-refractivity contribution in [3.63, 3.8) is 0 Å². The first-order valence-electron chi connectivity index (χ1n) is 6.38. The molecule has 2 heterocycles. The van der Waals surface area contributed by atoms with Gasteiger partial charge >= 0.3 is 0 Å². The number of aromatic amines is 1. The van der Waals surface area contributed by atoms with E-state index in [1.165, 1.54) is 18.9 Å². The first-order chi connectivity index (χ1) is 8.84. The summed E-state index contributed by atoms with van der Waals surface area (Å²) < 4.78 is 13.7. The van der Waals surface area contributed by atoms with E-state index in [0.717, 1.165) is 24.5 Å². The Hall–Kier alpha value is -1.68. The standard InChI is InChI=1S/C14H16FN3/c15-11-6-2-1-5-10(11)13-9-17-14(18-13)12-7-3-4-8-16-12/h1-2,5-6,9,12,16H,3-4,7-8H2,(H,17,18). The van der Waals surface area contributed by atoms with Gasteiger partial charge in [-0.1, -0.05) is 18.6 Å². The fraction of sp³-hybridized carbons (Fsp3) is 0.357. The van der Waals surface area contributed by atoms with Crippen LogP contribution >= 0.6 is 0 Å². The van der Waals surface area contributed by atoms with E-state index < -0.39 is 0 Å². The molecule has 1 aromatic heterocycles. The Morgan fingerprint density at radius 1 is 1.22 bits per heavy atom. The normalized spacial score (nSPS) is 19.9. The van der Waals surface area contributed by atoms with Gasteiger partial charge in [0.2, 0.25) is 0 Å². The maximum absolute atomic E-state index is 13.7. The van der Waals surface area contributed by atoms with Gasteiger partial charge in [0.15, 0.2) is 0 Å². The summed E-state index contributed by atoms with van der Waals surface area (Å²) in [6.07, 6.45) is 5.24. The van der Waals surface area contributed by atoms with E-state index in [-0.39, 0.29) is 11.9 Å². The summed E-state index contributed by atoms with van der Waals surface area (Å²) >= 11 is 0. The summed E-state index contributed by atoms with van der Waals surface area (Å²) in [4.78, 5) is 7.60. The lowest BCUT2D eigenvalue weighted by Gasteiger charge is -2.21. The topological polar surface area (TPSA) is 40.7 Å². The third-order valence-corrected chi connectivity index (χ3v) is 3.40. The molecule has 3 rings (SSSR count). The van der Waals surface area contributed by atoms with Crippen LogP contribution in [0.3, 0.4) is 0 Å². The molecule has 18 heavy (non-hydrogen) atoms. The number of aromatic nitrogens is 2. The lowest BCUT2D eigenvalue weighted by molar-refractivity contribution is 0.399. The van der Waals surface area contributed by atoms with Crippen molar-refractivity contribution in [2.75, 3.05) is 6.54 Å². The van der Waals surface area contributed by atoms with Crippen LogP contribution in [0, 0.1) is 5.82 Å². The molecule has 2 aromatic rings. The Kier molecular flexibility index (Phi) is 3.11. The Morgan fingerprint density at radius 2 is 2.11 bits per heavy atom. The van der Waals surface area contributed by atoms with Crippen LogP contribution < -0.4 is 5.32 Å². The summed E-state index contributed by atoms with van der Waals surface area (Å²) in [7, 11) is 0. The van der Waals surface area contributed by atoms with Crippen molar-refractivity contribution in [3.8, 4) is 11.3 Å². The van der Waals surface area contributed by atoms with Crippen LogP contribution in [0.2, 0.25) is 0 Å². The van der Waals surface area contributed by atoms with Gasteiger partial charge in [0.1, 0.15) is 11.6 Å². The fourth-order valence-corrected chi connectivity index (χ4v) is 2.42. The maximum Gasteiger partial charge on any atom is 0.132 e. The average Bonchev–Trinajstić information content (AvgIpc) is 2.90. The van der Waals surface area contributed by atoms with Gasteiger partial charge in [-0.25, -0.2) is 9.37 Å². The monoisotopic (exact) mass is 245 g/mol. The number of nitrogens with one attached hydrogen (secondary N) is 2. The highest BCUT2D eigenvalue weighted by atomic mass is 19.1. The molecule has 0 amide bonds.